The lowest BCUT2D eigenvalue weighted by atomic mass is 10.1. The molecule has 7 nitrogen and oxygen atoms in total. The number of carbonyl (C=O) groups is 1. The number of amides is 1. The van der Waals surface area contributed by atoms with E-state index in [2.05, 4.69) is 15.5 Å². The number of anilines is 1. The van der Waals surface area contributed by atoms with Gasteiger partial charge in [0.15, 0.2) is 5.82 Å². The van der Waals surface area contributed by atoms with Crippen LogP contribution in [0.2, 0.25) is 0 Å². The van der Waals surface area contributed by atoms with Crippen molar-refractivity contribution in [2.24, 2.45) is 0 Å². The van der Waals surface area contributed by atoms with Crippen LogP contribution in [0.25, 0.3) is 0 Å². The summed E-state index contributed by atoms with van der Waals surface area (Å²) in [5, 5.41) is 10.5. The largest absolute Gasteiger partial charge is 0.497 e. The van der Waals surface area contributed by atoms with E-state index >= 15 is 0 Å². The Labute approximate surface area is 116 Å². The van der Waals surface area contributed by atoms with Gasteiger partial charge in [-0.05, 0) is 19.1 Å². The van der Waals surface area contributed by atoms with Gasteiger partial charge in [-0.2, -0.15) is 0 Å². The Kier molecular flexibility index (Phi) is 4.19. The van der Waals surface area contributed by atoms with Crippen LogP contribution in [-0.4, -0.2) is 27.8 Å². The fourth-order valence-corrected chi connectivity index (χ4v) is 1.81. The maximum atomic E-state index is 12.1. The van der Waals surface area contributed by atoms with Gasteiger partial charge in [-0.25, -0.2) is 0 Å². The first-order chi connectivity index (χ1) is 9.65. The Hall–Kier alpha value is -2.57. The van der Waals surface area contributed by atoms with Gasteiger partial charge in [0, 0.05) is 18.3 Å². The Morgan fingerprint density at radius 2 is 2.30 bits per heavy atom. The van der Waals surface area contributed by atoms with Crippen LogP contribution in [0.5, 0.6) is 5.75 Å². The van der Waals surface area contributed by atoms with E-state index in [0.717, 1.165) is 6.54 Å². The number of aryl methyl sites for hydroxylation is 1. The fourth-order valence-electron chi connectivity index (χ4n) is 1.81. The van der Waals surface area contributed by atoms with Crippen LogP contribution >= 0.6 is 0 Å². The van der Waals surface area contributed by atoms with Gasteiger partial charge in [-0.1, -0.05) is 0 Å². The third-order valence-electron chi connectivity index (χ3n) is 2.95. The molecule has 0 aliphatic rings. The molecule has 2 aromatic rings. The molecule has 0 atom stereocenters. The highest BCUT2D eigenvalue weighted by Gasteiger charge is 2.11. The molecule has 0 bridgehead atoms. The van der Waals surface area contributed by atoms with E-state index in [9.17, 15) is 4.79 Å². The lowest BCUT2D eigenvalue weighted by molar-refractivity contribution is 0.0950. The van der Waals surface area contributed by atoms with E-state index in [-0.39, 0.29) is 5.91 Å². The van der Waals surface area contributed by atoms with Crippen molar-refractivity contribution in [1.29, 1.82) is 0 Å². The Morgan fingerprint density at radius 3 is 2.95 bits per heavy atom. The minimum atomic E-state index is -0.254. The molecule has 0 unspecified atom stereocenters. The molecule has 106 valence electrons. The number of nitrogen functional groups attached to an aromatic ring is 1. The van der Waals surface area contributed by atoms with E-state index in [1.54, 1.807) is 31.6 Å². The molecule has 0 spiro atoms. The molecule has 2 rings (SSSR count). The van der Waals surface area contributed by atoms with Crippen LogP contribution in [0, 0.1) is 0 Å². The van der Waals surface area contributed by atoms with Gasteiger partial charge in [0.1, 0.15) is 12.1 Å². The molecular formula is C13H17N5O2. The van der Waals surface area contributed by atoms with Crippen LogP contribution in [0.4, 0.5) is 5.69 Å². The molecule has 0 radical (unpaired) electrons. The summed E-state index contributed by atoms with van der Waals surface area (Å²) in [6.45, 7) is 3.04. The van der Waals surface area contributed by atoms with Gasteiger partial charge in [0.2, 0.25) is 0 Å². The second-order valence-corrected chi connectivity index (χ2v) is 4.17. The summed E-state index contributed by atoms with van der Waals surface area (Å²) in [6.07, 6.45) is 1.63. The molecule has 1 amide bonds. The van der Waals surface area contributed by atoms with Crippen LogP contribution in [0.3, 0.4) is 0 Å². The predicted molar refractivity (Wildman–Crippen MR) is 74.3 cm³/mol. The second-order valence-electron chi connectivity index (χ2n) is 4.17. The van der Waals surface area contributed by atoms with E-state index < -0.39 is 0 Å². The maximum absolute atomic E-state index is 12.1. The van der Waals surface area contributed by atoms with E-state index in [4.69, 9.17) is 10.5 Å². The first kappa shape index (κ1) is 13.9. The third kappa shape index (κ3) is 2.87. The average Bonchev–Trinajstić information content (AvgIpc) is 2.92. The van der Waals surface area contributed by atoms with Crippen molar-refractivity contribution >= 4 is 11.6 Å². The molecular weight excluding hydrogens is 258 g/mol. The Bertz CT molecular complexity index is 609. The molecule has 1 heterocycles. The quantitative estimate of drug-likeness (QED) is 0.788. The van der Waals surface area contributed by atoms with E-state index in [0.29, 0.717) is 29.4 Å². The van der Waals surface area contributed by atoms with Crippen molar-refractivity contribution < 1.29 is 9.53 Å². The molecule has 1 aromatic carbocycles. The number of hydrogen-bond donors (Lipinski definition) is 2. The number of aromatic nitrogens is 3. The van der Waals surface area contributed by atoms with Gasteiger partial charge < -0.3 is 20.4 Å². The number of hydrogen-bond acceptors (Lipinski definition) is 5. The molecule has 20 heavy (non-hydrogen) atoms. The van der Waals surface area contributed by atoms with Crippen LogP contribution in [0.15, 0.2) is 24.5 Å². The van der Waals surface area contributed by atoms with Crippen molar-refractivity contribution in [3.05, 3.63) is 35.9 Å². The molecule has 0 aliphatic carbocycles. The molecule has 0 saturated carbocycles. The van der Waals surface area contributed by atoms with Gasteiger partial charge in [-0.15, -0.1) is 10.2 Å². The summed E-state index contributed by atoms with van der Waals surface area (Å²) in [5.41, 5.74) is 6.61. The maximum Gasteiger partial charge on any atom is 0.253 e. The standard InChI is InChI=1S/C13H17N5O2/c1-3-18-8-16-17-12(18)7-15-13(19)10-5-4-9(20-2)6-11(10)14/h4-6,8H,3,7,14H2,1-2H3,(H,15,19). The van der Waals surface area contributed by atoms with Gasteiger partial charge in [-0.3, -0.25) is 4.79 Å². The van der Waals surface area contributed by atoms with Crippen molar-refractivity contribution in [2.45, 2.75) is 20.0 Å². The third-order valence-corrected chi connectivity index (χ3v) is 2.95. The van der Waals surface area contributed by atoms with Crippen molar-refractivity contribution in [3.8, 4) is 5.75 Å². The number of methoxy groups -OCH3 is 1. The number of nitrogens with two attached hydrogens (primary N) is 1. The molecule has 0 saturated heterocycles. The number of carbonyl (C=O) groups excluding carboxylic acids is 1. The first-order valence-corrected chi connectivity index (χ1v) is 6.24. The van der Waals surface area contributed by atoms with Crippen molar-refractivity contribution in [3.63, 3.8) is 0 Å². The zero-order valence-corrected chi connectivity index (χ0v) is 11.5. The first-order valence-electron chi connectivity index (χ1n) is 6.24. The van der Waals surface area contributed by atoms with Crippen molar-refractivity contribution in [2.75, 3.05) is 12.8 Å². The van der Waals surface area contributed by atoms with Crippen molar-refractivity contribution in [1.82, 2.24) is 20.1 Å². The summed E-state index contributed by atoms with van der Waals surface area (Å²) >= 11 is 0. The normalized spacial score (nSPS) is 10.3. The zero-order chi connectivity index (χ0) is 14.5. The molecule has 0 aliphatic heterocycles. The highest BCUT2D eigenvalue weighted by atomic mass is 16.5. The average molecular weight is 275 g/mol. The van der Waals surface area contributed by atoms with Gasteiger partial charge in [0.05, 0.1) is 19.2 Å². The zero-order valence-electron chi connectivity index (χ0n) is 11.5. The summed E-state index contributed by atoms with van der Waals surface area (Å²) in [4.78, 5) is 12.1. The Morgan fingerprint density at radius 1 is 1.50 bits per heavy atom. The number of ether oxygens (including phenoxy) is 1. The molecule has 0 fully saturated rings. The molecule has 3 N–H and O–H groups in total. The number of benzene rings is 1. The topological polar surface area (TPSA) is 95.1 Å². The minimum Gasteiger partial charge on any atom is -0.497 e. The summed E-state index contributed by atoms with van der Waals surface area (Å²) in [7, 11) is 1.55. The van der Waals surface area contributed by atoms with Crippen LogP contribution in [0.1, 0.15) is 23.1 Å². The second kappa shape index (κ2) is 6.05. The number of nitrogens with one attached hydrogen (secondary N) is 1. The predicted octanol–water partition coefficient (Wildman–Crippen LogP) is 0.819. The highest BCUT2D eigenvalue weighted by molar-refractivity contribution is 5.99. The number of nitrogens with zero attached hydrogens (tertiary/aromatic N) is 3. The Balaban J connectivity index is 2.05. The SMILES string of the molecule is CCn1cnnc1CNC(=O)c1ccc(OC)cc1N. The number of rotatable bonds is 5. The molecule has 1 aromatic heterocycles. The van der Waals surface area contributed by atoms with Gasteiger partial charge >= 0.3 is 0 Å². The monoisotopic (exact) mass is 275 g/mol. The minimum absolute atomic E-state index is 0.254. The summed E-state index contributed by atoms with van der Waals surface area (Å²) in [5.74, 6) is 1.06. The lowest BCUT2D eigenvalue weighted by Gasteiger charge is -2.09. The van der Waals surface area contributed by atoms with Crippen LogP contribution < -0.4 is 15.8 Å². The molecule has 7 heteroatoms. The van der Waals surface area contributed by atoms with E-state index in [1.165, 1.54) is 0 Å². The highest BCUT2D eigenvalue weighted by Crippen LogP contribution is 2.19. The summed E-state index contributed by atoms with van der Waals surface area (Å²) < 4.78 is 6.90. The smallest absolute Gasteiger partial charge is 0.253 e. The van der Waals surface area contributed by atoms with Gasteiger partial charge in [0.25, 0.3) is 5.91 Å². The summed E-state index contributed by atoms with van der Waals surface area (Å²) in [6, 6.07) is 4.94. The fraction of sp³-hybridized carbons (Fsp3) is 0.308. The van der Waals surface area contributed by atoms with Crippen LogP contribution in [-0.2, 0) is 13.1 Å². The van der Waals surface area contributed by atoms with E-state index in [1.807, 2.05) is 11.5 Å². The lowest BCUT2D eigenvalue weighted by Crippen LogP contribution is -2.25.